The number of benzene rings is 1. The predicted octanol–water partition coefficient (Wildman–Crippen LogP) is 7.01. The second kappa shape index (κ2) is 20.3. The minimum atomic E-state index is -1.12. The van der Waals surface area contributed by atoms with Gasteiger partial charge in [-0.2, -0.15) is 0 Å². The Kier molecular flexibility index (Phi) is 18.1. The van der Waals surface area contributed by atoms with Crippen LogP contribution in [-0.2, 0) is 35.2 Å². The van der Waals surface area contributed by atoms with E-state index in [2.05, 4.69) is 33.5 Å². The quantitative estimate of drug-likeness (QED) is 0.117. The normalized spacial score (nSPS) is 12.9. The fraction of sp³-hybridized carbons (Fsp3) is 0.686. The second-order valence-corrected chi connectivity index (χ2v) is 14.7. The third-order valence-corrected chi connectivity index (χ3v) is 7.43. The van der Waals surface area contributed by atoms with Gasteiger partial charge in [-0.05, 0) is 98.3 Å². The Morgan fingerprint density at radius 1 is 0.783 bits per heavy atom. The van der Waals surface area contributed by atoms with E-state index in [-0.39, 0.29) is 24.5 Å². The smallest absolute Gasteiger partial charge is 0.329 e. The Bertz CT molecular complexity index is 1130. The van der Waals surface area contributed by atoms with Crippen molar-refractivity contribution in [3.8, 4) is 0 Å². The van der Waals surface area contributed by atoms with E-state index in [9.17, 15) is 24.0 Å². The summed E-state index contributed by atoms with van der Waals surface area (Å²) in [5.74, 6) is -1.30. The zero-order chi connectivity index (χ0) is 34.9. The number of rotatable bonds is 19. The molecule has 11 heteroatoms. The van der Waals surface area contributed by atoms with E-state index in [0.29, 0.717) is 38.8 Å². The summed E-state index contributed by atoms with van der Waals surface area (Å²) in [4.78, 5) is 65.5. The molecule has 1 aromatic rings. The van der Waals surface area contributed by atoms with Gasteiger partial charge in [0.1, 0.15) is 17.2 Å². The molecule has 1 aromatic carbocycles. The van der Waals surface area contributed by atoms with Gasteiger partial charge in [0.05, 0.1) is 6.04 Å². The monoisotopic (exact) mass is 709 g/mol. The fourth-order valence-corrected chi connectivity index (χ4v) is 4.89. The van der Waals surface area contributed by atoms with Crippen molar-refractivity contribution >= 4 is 45.6 Å². The minimum Gasteiger partial charge on any atom is -0.460 e. The third kappa shape index (κ3) is 18.9. The fourth-order valence-electron chi connectivity index (χ4n) is 4.63. The van der Waals surface area contributed by atoms with Crippen LogP contribution in [0.3, 0.4) is 0 Å². The van der Waals surface area contributed by atoms with Crippen LogP contribution < -0.4 is 10.6 Å². The molecule has 260 valence electrons. The molecule has 0 heterocycles. The number of ketones is 1. The molecule has 0 spiro atoms. The lowest BCUT2D eigenvalue weighted by molar-refractivity contribution is -0.158. The molecule has 0 aliphatic carbocycles. The molecule has 0 bridgehead atoms. The number of carbonyl (C=O) groups is 5. The molecule has 0 radical (unpaired) electrons. The molecule has 10 nitrogen and oxygen atoms in total. The van der Waals surface area contributed by atoms with Crippen LogP contribution in [0.2, 0.25) is 0 Å². The summed E-state index contributed by atoms with van der Waals surface area (Å²) < 4.78 is 11.8. The molecule has 0 saturated carbocycles. The first-order valence-electron chi connectivity index (χ1n) is 16.4. The molecule has 46 heavy (non-hydrogen) atoms. The maximum Gasteiger partial charge on any atom is 0.329 e. The van der Waals surface area contributed by atoms with Crippen molar-refractivity contribution in [1.82, 2.24) is 15.5 Å². The molecular weight excluding hydrogens is 654 g/mol. The zero-order valence-electron chi connectivity index (χ0n) is 29.1. The Balaban J connectivity index is 2.81. The van der Waals surface area contributed by atoms with E-state index in [4.69, 9.17) is 9.47 Å². The van der Waals surface area contributed by atoms with Crippen molar-refractivity contribution in [1.29, 1.82) is 0 Å². The summed E-state index contributed by atoms with van der Waals surface area (Å²) >= 11 is 3.45. The van der Waals surface area contributed by atoms with Crippen LogP contribution in [0.25, 0.3) is 0 Å². The number of unbranched alkanes of at least 4 members (excludes halogenated alkanes) is 4. The van der Waals surface area contributed by atoms with Crippen LogP contribution in [0.15, 0.2) is 28.7 Å². The van der Waals surface area contributed by atoms with Crippen LogP contribution in [0.4, 0.5) is 4.79 Å². The average molecular weight is 711 g/mol. The number of nitrogens with one attached hydrogen (secondary N) is 2. The number of ether oxygens (including phenoxy) is 2. The van der Waals surface area contributed by atoms with Gasteiger partial charge in [0.25, 0.3) is 0 Å². The average Bonchev–Trinajstić information content (AvgIpc) is 2.93. The molecule has 1 rings (SSSR count). The number of carbonyl (C=O) groups excluding carboxylic acids is 5. The standard InChI is InChI=1S/C35H56BrN3O7/c1-9-10-11-12-16-30(41)39(24-26-17-19-27(36)20-18-26)23-14-13-15-28(25(2)40)37-33(44)38-29(32(43)46-35(6,7)8)21-22-31(42)45-34(3,4)5/h17-20,28-29H,9-16,21-24H2,1-8H3,(H2,37,38,44). The van der Waals surface area contributed by atoms with E-state index in [1.807, 2.05) is 29.2 Å². The topological polar surface area (TPSA) is 131 Å². The Labute approximate surface area is 284 Å². The predicted molar refractivity (Wildman–Crippen MR) is 183 cm³/mol. The third-order valence-electron chi connectivity index (χ3n) is 6.90. The number of hydrogen-bond donors (Lipinski definition) is 2. The van der Waals surface area contributed by atoms with Gasteiger partial charge in [-0.15, -0.1) is 0 Å². The number of Topliss-reactive ketones (excluding diaryl/α,β-unsaturated/α-hetero) is 1. The highest BCUT2D eigenvalue weighted by Crippen LogP contribution is 2.16. The summed E-state index contributed by atoms with van der Waals surface area (Å²) in [6.45, 7) is 14.9. The van der Waals surface area contributed by atoms with Gasteiger partial charge in [0.15, 0.2) is 5.78 Å². The van der Waals surface area contributed by atoms with E-state index in [1.165, 1.54) is 6.92 Å². The first-order valence-corrected chi connectivity index (χ1v) is 17.2. The van der Waals surface area contributed by atoms with Crippen molar-refractivity contribution in [2.24, 2.45) is 0 Å². The first kappa shape index (κ1) is 41.1. The SMILES string of the molecule is CCCCCCC(=O)N(CCCCC(NC(=O)NC(CCC(=O)OC(C)(C)C)C(=O)OC(C)(C)C)C(C)=O)Cc1ccc(Br)cc1. The highest BCUT2D eigenvalue weighted by molar-refractivity contribution is 9.10. The van der Waals surface area contributed by atoms with E-state index >= 15 is 0 Å². The summed E-state index contributed by atoms with van der Waals surface area (Å²) in [6, 6.07) is 5.29. The van der Waals surface area contributed by atoms with Crippen molar-refractivity contribution in [3.63, 3.8) is 0 Å². The molecule has 0 aliphatic heterocycles. The first-order chi connectivity index (χ1) is 21.4. The van der Waals surface area contributed by atoms with Gasteiger partial charge in [-0.1, -0.05) is 54.2 Å². The summed E-state index contributed by atoms with van der Waals surface area (Å²) in [6.07, 6.45) is 6.09. The Morgan fingerprint density at radius 3 is 1.96 bits per heavy atom. The van der Waals surface area contributed by atoms with Crippen LogP contribution in [-0.4, -0.2) is 64.4 Å². The lowest BCUT2D eigenvalue weighted by atomic mass is 10.1. The van der Waals surface area contributed by atoms with E-state index in [1.54, 1.807) is 41.5 Å². The van der Waals surface area contributed by atoms with Gasteiger partial charge >= 0.3 is 18.0 Å². The molecule has 0 aliphatic rings. The highest BCUT2D eigenvalue weighted by Gasteiger charge is 2.29. The summed E-state index contributed by atoms with van der Waals surface area (Å²) in [5.41, 5.74) is -0.449. The van der Waals surface area contributed by atoms with Crippen LogP contribution in [0, 0.1) is 0 Å². The molecule has 0 saturated heterocycles. The minimum absolute atomic E-state index is 0.0251. The number of urea groups is 1. The van der Waals surface area contributed by atoms with E-state index in [0.717, 1.165) is 35.7 Å². The van der Waals surface area contributed by atoms with Gasteiger partial charge in [0.2, 0.25) is 5.91 Å². The number of amides is 3. The Hall–Kier alpha value is -2.95. The largest absolute Gasteiger partial charge is 0.460 e. The molecule has 0 fully saturated rings. The van der Waals surface area contributed by atoms with E-state index < -0.39 is 41.3 Å². The number of hydrogen-bond acceptors (Lipinski definition) is 7. The number of halogens is 1. The van der Waals surface area contributed by atoms with Crippen molar-refractivity contribution < 1.29 is 33.4 Å². The van der Waals surface area contributed by atoms with Gasteiger partial charge in [-0.3, -0.25) is 14.4 Å². The molecule has 2 atom stereocenters. The maximum absolute atomic E-state index is 13.1. The molecule has 2 N–H and O–H groups in total. The van der Waals surface area contributed by atoms with Gasteiger partial charge in [0, 0.05) is 30.4 Å². The lowest BCUT2D eigenvalue weighted by Gasteiger charge is -2.26. The maximum atomic E-state index is 13.1. The van der Waals surface area contributed by atoms with Gasteiger partial charge < -0.3 is 25.0 Å². The zero-order valence-corrected chi connectivity index (χ0v) is 30.7. The Morgan fingerprint density at radius 2 is 1.39 bits per heavy atom. The van der Waals surface area contributed by atoms with Crippen molar-refractivity contribution in [3.05, 3.63) is 34.3 Å². The molecule has 3 amide bonds. The molecule has 0 aromatic heterocycles. The second-order valence-electron chi connectivity index (χ2n) is 13.7. The lowest BCUT2D eigenvalue weighted by Crippen LogP contribution is -2.52. The molecule has 2 unspecified atom stereocenters. The van der Waals surface area contributed by atoms with Crippen molar-refractivity contribution in [2.75, 3.05) is 6.54 Å². The number of nitrogens with zero attached hydrogens (tertiary/aromatic N) is 1. The number of esters is 2. The van der Waals surface area contributed by atoms with Gasteiger partial charge in [-0.25, -0.2) is 9.59 Å². The highest BCUT2D eigenvalue weighted by atomic mass is 79.9. The molecular formula is C35H56BrN3O7. The summed E-state index contributed by atoms with van der Waals surface area (Å²) in [5, 5.41) is 5.26. The van der Waals surface area contributed by atoms with Crippen molar-refractivity contribution in [2.45, 2.75) is 149 Å². The summed E-state index contributed by atoms with van der Waals surface area (Å²) in [7, 11) is 0. The van der Waals surface area contributed by atoms with Crippen LogP contribution >= 0.6 is 15.9 Å². The van der Waals surface area contributed by atoms with Crippen LogP contribution in [0.5, 0.6) is 0 Å². The van der Waals surface area contributed by atoms with Crippen LogP contribution in [0.1, 0.15) is 125 Å².